The Hall–Kier alpha value is -3.24. The monoisotopic (exact) mass is 469 g/mol. The number of nitrogens with zero attached hydrogens (tertiary/aromatic N) is 3. The third-order valence-corrected chi connectivity index (χ3v) is 6.91. The van der Waals surface area contributed by atoms with Crippen LogP contribution in [0, 0.1) is 0 Å². The number of hydrogen-bond donors (Lipinski definition) is 3. The number of ether oxygens (including phenoxy) is 1. The number of aromatic nitrogens is 2. The van der Waals surface area contributed by atoms with E-state index in [0.29, 0.717) is 5.69 Å². The van der Waals surface area contributed by atoms with Crippen molar-refractivity contribution >= 4 is 40.4 Å². The maximum absolute atomic E-state index is 12.3. The van der Waals surface area contributed by atoms with E-state index in [1.165, 1.54) is 0 Å². The van der Waals surface area contributed by atoms with E-state index in [4.69, 9.17) is 14.9 Å². The molecule has 0 unspecified atom stereocenters. The first-order valence-corrected chi connectivity index (χ1v) is 11.7. The second-order valence-corrected chi connectivity index (χ2v) is 8.66. The van der Waals surface area contributed by atoms with Crippen LogP contribution in [-0.2, 0) is 11.3 Å². The van der Waals surface area contributed by atoms with Crippen molar-refractivity contribution in [3.63, 3.8) is 0 Å². The van der Waals surface area contributed by atoms with Gasteiger partial charge in [0.15, 0.2) is 0 Å². The van der Waals surface area contributed by atoms with Gasteiger partial charge in [0.2, 0.25) is 5.91 Å². The zero-order chi connectivity index (χ0) is 23.5. The summed E-state index contributed by atoms with van der Waals surface area (Å²) in [4.78, 5) is 27.3. The number of likely N-dealkylation sites (N-methyl/N-ethyl adjacent to an activating group) is 1. The number of hydrogen-bond acceptors (Lipinski definition) is 6. The normalized spacial score (nSPS) is 12.0. The molecule has 2 amide bonds. The quantitative estimate of drug-likeness (QED) is 0.343. The average molecular weight is 470 g/mol. The van der Waals surface area contributed by atoms with Gasteiger partial charge in [-0.1, -0.05) is 25.6 Å². The maximum Gasteiger partial charge on any atom is 0.405 e. The van der Waals surface area contributed by atoms with Gasteiger partial charge in [0.05, 0.1) is 24.9 Å². The van der Waals surface area contributed by atoms with Gasteiger partial charge in [-0.15, -0.1) is 0 Å². The Kier molecular flexibility index (Phi) is 6.75. The average Bonchev–Trinajstić information content (AvgIpc) is 3.19. The molecule has 1 aliphatic rings. The van der Waals surface area contributed by atoms with E-state index in [1.807, 2.05) is 35.0 Å². The van der Waals surface area contributed by atoms with Crippen LogP contribution in [0.4, 0.5) is 10.5 Å². The highest BCUT2D eigenvalue weighted by molar-refractivity contribution is 8.00. The summed E-state index contributed by atoms with van der Waals surface area (Å²) in [5.74, 6) is 0.314. The van der Waals surface area contributed by atoms with Gasteiger partial charge in [0.25, 0.3) is 0 Å². The number of benzene rings is 2. The molecule has 1 aromatic heterocycles. The lowest BCUT2D eigenvalue weighted by Gasteiger charge is -2.19. The zero-order valence-electron chi connectivity index (χ0n) is 18.8. The van der Waals surface area contributed by atoms with Crippen molar-refractivity contribution in [2.24, 2.45) is 0 Å². The number of carboxylic acid groups (broad SMARTS) is 1. The summed E-state index contributed by atoms with van der Waals surface area (Å²) < 4.78 is 7.44. The molecule has 0 bridgehead atoms. The number of amides is 2. The maximum atomic E-state index is 12.3. The second-order valence-electron chi connectivity index (χ2n) is 7.61. The third-order valence-electron chi connectivity index (χ3n) is 5.72. The summed E-state index contributed by atoms with van der Waals surface area (Å²) in [5, 5.41) is 19.7. The lowest BCUT2D eigenvalue weighted by molar-refractivity contribution is -0.115. The molecule has 0 spiro atoms. The van der Waals surface area contributed by atoms with E-state index in [1.54, 1.807) is 18.9 Å². The minimum Gasteiger partial charge on any atom is -0.497 e. The molecule has 3 aromatic rings. The van der Waals surface area contributed by atoms with E-state index in [0.717, 1.165) is 63.9 Å². The van der Waals surface area contributed by atoms with Gasteiger partial charge in [-0.2, -0.15) is 5.10 Å². The van der Waals surface area contributed by atoms with Crippen molar-refractivity contribution in [2.75, 3.05) is 38.6 Å². The van der Waals surface area contributed by atoms with Crippen LogP contribution in [0.2, 0.25) is 0 Å². The van der Waals surface area contributed by atoms with Crippen LogP contribution < -0.4 is 15.4 Å². The van der Waals surface area contributed by atoms with Crippen LogP contribution in [0.15, 0.2) is 40.1 Å². The first-order chi connectivity index (χ1) is 15.9. The fourth-order valence-corrected chi connectivity index (χ4v) is 5.15. The largest absolute Gasteiger partial charge is 0.497 e. The smallest absolute Gasteiger partial charge is 0.405 e. The van der Waals surface area contributed by atoms with Crippen molar-refractivity contribution in [2.45, 2.75) is 30.2 Å². The Morgan fingerprint density at radius 1 is 1.21 bits per heavy atom. The summed E-state index contributed by atoms with van der Waals surface area (Å²) in [6.07, 6.45) is -1.24. The zero-order valence-corrected chi connectivity index (χ0v) is 19.7. The van der Waals surface area contributed by atoms with Gasteiger partial charge in [-0.05, 0) is 43.4 Å². The second kappa shape index (κ2) is 9.72. The van der Waals surface area contributed by atoms with Gasteiger partial charge in [0.1, 0.15) is 18.0 Å². The van der Waals surface area contributed by atoms with Crippen molar-refractivity contribution in [3.8, 4) is 17.0 Å². The van der Waals surface area contributed by atoms with Crippen LogP contribution >= 0.6 is 11.8 Å². The van der Waals surface area contributed by atoms with Gasteiger partial charge < -0.3 is 25.4 Å². The highest BCUT2D eigenvalue weighted by Crippen LogP contribution is 2.51. The topological polar surface area (TPSA) is 109 Å². The number of nitrogens with one attached hydrogen (secondary N) is 2. The molecular weight excluding hydrogens is 442 g/mol. The highest BCUT2D eigenvalue weighted by atomic mass is 32.2. The third kappa shape index (κ3) is 4.62. The predicted octanol–water partition coefficient (Wildman–Crippen LogP) is 3.72. The van der Waals surface area contributed by atoms with Crippen LogP contribution in [-0.4, -0.2) is 65.1 Å². The molecule has 174 valence electrons. The van der Waals surface area contributed by atoms with Crippen LogP contribution in [0.3, 0.4) is 0 Å². The number of rotatable bonds is 9. The standard InChI is InChI=1S/C23H27N5O4S/c1-4-27(5-2)10-11-28-17-9-8-16(25-19(29)13-24-23(30)31)22-20(17)21(26-28)15-7-6-14(32-3)12-18(15)33-22/h6-9,12,24H,4-5,10-11,13H2,1-3H3,(H,25,29)(H,30,31). The Balaban J connectivity index is 1.77. The first-order valence-electron chi connectivity index (χ1n) is 10.8. The molecule has 2 aromatic carbocycles. The van der Waals surface area contributed by atoms with E-state index in [2.05, 4.69) is 29.4 Å². The minimum atomic E-state index is -1.24. The number of anilines is 1. The summed E-state index contributed by atoms with van der Waals surface area (Å²) in [6.45, 7) is 7.58. The highest BCUT2D eigenvalue weighted by Gasteiger charge is 2.27. The fraction of sp³-hybridized carbons (Fsp3) is 0.348. The number of fused-ring (bicyclic) bond motifs is 2. The van der Waals surface area contributed by atoms with E-state index in [9.17, 15) is 9.59 Å². The minimum absolute atomic E-state index is 0.322. The first kappa shape index (κ1) is 22.9. The number of carbonyl (C=O) groups is 2. The Labute approximate surface area is 196 Å². The van der Waals surface area contributed by atoms with E-state index < -0.39 is 12.0 Å². The number of carbonyl (C=O) groups excluding carboxylic acids is 1. The molecule has 33 heavy (non-hydrogen) atoms. The summed E-state index contributed by atoms with van der Waals surface area (Å²) in [5.41, 5.74) is 3.53. The van der Waals surface area contributed by atoms with Crippen molar-refractivity contribution < 1.29 is 19.4 Å². The summed E-state index contributed by atoms with van der Waals surface area (Å²) in [7, 11) is 1.63. The molecular formula is C23H27N5O4S. The van der Waals surface area contributed by atoms with Gasteiger partial charge in [-0.3, -0.25) is 9.48 Å². The summed E-state index contributed by atoms with van der Waals surface area (Å²) >= 11 is 1.55. The van der Waals surface area contributed by atoms with Crippen LogP contribution in [0.1, 0.15) is 13.8 Å². The molecule has 9 nitrogen and oxygen atoms in total. The molecule has 0 aliphatic carbocycles. The molecule has 0 saturated carbocycles. The Morgan fingerprint density at radius 2 is 2.00 bits per heavy atom. The predicted molar refractivity (Wildman–Crippen MR) is 128 cm³/mol. The van der Waals surface area contributed by atoms with Crippen molar-refractivity contribution in [1.29, 1.82) is 0 Å². The lowest BCUT2D eigenvalue weighted by Crippen LogP contribution is -2.31. The lowest BCUT2D eigenvalue weighted by atomic mass is 10.1. The van der Waals surface area contributed by atoms with E-state index >= 15 is 0 Å². The molecule has 0 saturated heterocycles. The SMILES string of the molecule is CCN(CC)CCn1nc2c3c(c(NC(=O)CNC(=O)O)ccc31)Sc1cc(OC)ccc1-2. The van der Waals surface area contributed by atoms with Crippen LogP contribution in [0.25, 0.3) is 22.2 Å². The van der Waals surface area contributed by atoms with Gasteiger partial charge in [-0.25, -0.2) is 4.79 Å². The Bertz CT molecular complexity index is 1210. The Morgan fingerprint density at radius 3 is 2.70 bits per heavy atom. The van der Waals surface area contributed by atoms with E-state index in [-0.39, 0.29) is 6.54 Å². The van der Waals surface area contributed by atoms with Crippen molar-refractivity contribution in [1.82, 2.24) is 20.0 Å². The van der Waals surface area contributed by atoms with Crippen LogP contribution in [0.5, 0.6) is 5.75 Å². The molecule has 4 rings (SSSR count). The number of methoxy groups -OCH3 is 1. The molecule has 10 heteroatoms. The molecule has 2 heterocycles. The van der Waals surface area contributed by atoms with Gasteiger partial charge in [0, 0.05) is 27.3 Å². The summed E-state index contributed by atoms with van der Waals surface area (Å²) in [6, 6.07) is 9.73. The fourth-order valence-electron chi connectivity index (χ4n) is 3.95. The molecule has 3 N–H and O–H groups in total. The molecule has 0 atom stereocenters. The molecule has 0 fully saturated rings. The molecule has 0 radical (unpaired) electrons. The molecule has 1 aliphatic heterocycles. The van der Waals surface area contributed by atoms with Gasteiger partial charge >= 0.3 is 6.09 Å². The van der Waals surface area contributed by atoms with Crippen molar-refractivity contribution in [3.05, 3.63) is 30.3 Å².